The van der Waals surface area contributed by atoms with Gasteiger partial charge in [-0.1, -0.05) is 24.8 Å². The Balaban J connectivity index is 1.91. The summed E-state index contributed by atoms with van der Waals surface area (Å²) >= 11 is 3.60. The van der Waals surface area contributed by atoms with E-state index in [-0.39, 0.29) is 0 Å². The minimum atomic E-state index is 0.903. The maximum atomic E-state index is 4.56. The highest BCUT2D eigenvalue weighted by Gasteiger charge is 2.32. The van der Waals surface area contributed by atoms with Gasteiger partial charge in [0.2, 0.25) is 0 Å². The summed E-state index contributed by atoms with van der Waals surface area (Å²) in [6.07, 6.45) is 1.96. The van der Waals surface area contributed by atoms with Gasteiger partial charge in [-0.15, -0.1) is 11.3 Å². The van der Waals surface area contributed by atoms with E-state index in [1.807, 2.05) is 17.4 Å². The molecule has 2 nitrogen and oxygen atoms in total. The van der Waals surface area contributed by atoms with Crippen LogP contribution >= 0.6 is 23.1 Å². The van der Waals surface area contributed by atoms with Gasteiger partial charge in [-0.2, -0.15) is 0 Å². The number of hydrogen-bond donors (Lipinski definition) is 0. The molecule has 2 aliphatic heterocycles. The molecular weight excluding hydrogens is 284 g/mol. The number of fused-ring (bicyclic) bond motifs is 2. The molecule has 0 spiro atoms. The van der Waals surface area contributed by atoms with Crippen LogP contribution in [0, 0.1) is 6.92 Å². The van der Waals surface area contributed by atoms with Gasteiger partial charge in [-0.25, -0.2) is 0 Å². The maximum Gasteiger partial charge on any atom is 0.168 e. The number of benzene rings is 1. The average Bonchev–Trinajstić information content (AvgIpc) is 3.10. The van der Waals surface area contributed by atoms with Gasteiger partial charge in [-0.3, -0.25) is 4.99 Å². The summed E-state index contributed by atoms with van der Waals surface area (Å²) in [6.45, 7) is 8.03. The number of aryl methyl sites for hydroxylation is 1. The molecular formula is C16H14N2S2. The molecule has 0 saturated heterocycles. The minimum absolute atomic E-state index is 0.903. The zero-order chi connectivity index (χ0) is 13.7. The molecule has 100 valence electrons. The summed E-state index contributed by atoms with van der Waals surface area (Å²) in [5.41, 5.74) is 2.63. The average molecular weight is 298 g/mol. The van der Waals surface area contributed by atoms with Crippen molar-refractivity contribution in [3.63, 3.8) is 0 Å². The highest BCUT2D eigenvalue weighted by atomic mass is 32.2. The second-order valence-corrected chi connectivity index (χ2v) is 7.03. The van der Waals surface area contributed by atoms with Crippen molar-refractivity contribution in [1.82, 2.24) is 4.90 Å². The fourth-order valence-corrected chi connectivity index (χ4v) is 5.03. The normalized spacial score (nSPS) is 17.9. The zero-order valence-corrected chi connectivity index (χ0v) is 12.9. The van der Waals surface area contributed by atoms with Gasteiger partial charge >= 0.3 is 0 Å². The summed E-state index contributed by atoms with van der Waals surface area (Å²) in [5.74, 6) is 0. The van der Waals surface area contributed by atoms with E-state index in [4.69, 9.17) is 0 Å². The van der Waals surface area contributed by atoms with E-state index in [9.17, 15) is 0 Å². The van der Waals surface area contributed by atoms with Gasteiger partial charge in [0.1, 0.15) is 0 Å². The summed E-state index contributed by atoms with van der Waals surface area (Å²) in [5, 5.41) is 2.49. The van der Waals surface area contributed by atoms with Crippen molar-refractivity contribution in [1.29, 1.82) is 0 Å². The lowest BCUT2D eigenvalue weighted by Gasteiger charge is -2.15. The Morgan fingerprint density at radius 3 is 3.10 bits per heavy atom. The molecule has 0 unspecified atom stereocenters. The maximum absolute atomic E-state index is 4.56. The highest BCUT2D eigenvalue weighted by Crippen LogP contribution is 2.45. The van der Waals surface area contributed by atoms with Gasteiger partial charge in [-0.05, 0) is 41.8 Å². The number of amidine groups is 1. The van der Waals surface area contributed by atoms with E-state index < -0.39 is 0 Å². The molecule has 2 aromatic rings. The van der Waals surface area contributed by atoms with Gasteiger partial charge in [0.15, 0.2) is 5.17 Å². The number of nitrogens with zero attached hydrogens (tertiary/aromatic N) is 2. The smallest absolute Gasteiger partial charge is 0.168 e. The molecule has 1 aromatic carbocycles. The van der Waals surface area contributed by atoms with Crippen LogP contribution in [-0.2, 0) is 0 Å². The van der Waals surface area contributed by atoms with Crippen LogP contribution < -0.4 is 0 Å². The second-order valence-electron chi connectivity index (χ2n) is 4.93. The predicted octanol–water partition coefficient (Wildman–Crippen LogP) is 4.48. The first-order valence-electron chi connectivity index (χ1n) is 6.64. The van der Waals surface area contributed by atoms with Crippen molar-refractivity contribution < 1.29 is 0 Å². The monoisotopic (exact) mass is 298 g/mol. The number of allylic oxidation sites excluding steroid dienone is 1. The topological polar surface area (TPSA) is 15.6 Å². The second kappa shape index (κ2) is 4.50. The summed E-state index contributed by atoms with van der Waals surface area (Å²) in [6, 6.07) is 8.82. The molecule has 0 saturated carbocycles. The van der Waals surface area contributed by atoms with E-state index in [0.29, 0.717) is 0 Å². The number of thioether (sulfide) groups is 1. The molecule has 0 bridgehead atoms. The summed E-state index contributed by atoms with van der Waals surface area (Å²) in [7, 11) is 0. The predicted molar refractivity (Wildman–Crippen MR) is 90.3 cm³/mol. The van der Waals surface area contributed by atoms with Crippen molar-refractivity contribution in [3.8, 4) is 0 Å². The van der Waals surface area contributed by atoms with Crippen molar-refractivity contribution >= 4 is 44.0 Å². The van der Waals surface area contributed by atoms with E-state index in [2.05, 4.69) is 47.7 Å². The molecule has 4 rings (SSSR count). The molecule has 1 aromatic heterocycles. The largest absolute Gasteiger partial charge is 0.317 e. The standard InChI is InChI=1S/C16H14N2S2/c1-3-12-15(18-8-7-17-16(18)20-12)14-9-11-10(2)5-4-6-13(11)19-14/h3-6,9H,1,7-8H2,2H3. The number of hydrogen-bond acceptors (Lipinski definition) is 4. The van der Waals surface area contributed by atoms with Gasteiger partial charge in [0.25, 0.3) is 0 Å². The summed E-state index contributed by atoms with van der Waals surface area (Å²) in [4.78, 5) is 9.45. The SMILES string of the molecule is C=CC1=C(c2cc3c(C)cccc3s2)N2CCN=C2S1. The molecule has 0 fully saturated rings. The molecule has 2 aliphatic rings. The number of thiophene rings is 1. The highest BCUT2D eigenvalue weighted by molar-refractivity contribution is 8.17. The van der Waals surface area contributed by atoms with Crippen LogP contribution in [0.5, 0.6) is 0 Å². The van der Waals surface area contributed by atoms with Crippen LogP contribution in [-0.4, -0.2) is 23.2 Å². The van der Waals surface area contributed by atoms with Crippen molar-refractivity contribution in [2.75, 3.05) is 13.1 Å². The minimum Gasteiger partial charge on any atom is -0.317 e. The van der Waals surface area contributed by atoms with Crippen molar-refractivity contribution in [3.05, 3.63) is 52.3 Å². The Hall–Kier alpha value is -1.52. The van der Waals surface area contributed by atoms with E-state index in [0.717, 1.165) is 18.3 Å². The van der Waals surface area contributed by atoms with E-state index in [1.54, 1.807) is 11.8 Å². The van der Waals surface area contributed by atoms with Crippen LogP contribution in [0.15, 0.2) is 46.8 Å². The number of rotatable bonds is 2. The van der Waals surface area contributed by atoms with Crippen molar-refractivity contribution in [2.45, 2.75) is 6.92 Å². The fourth-order valence-electron chi connectivity index (χ4n) is 2.72. The lowest BCUT2D eigenvalue weighted by molar-refractivity contribution is 0.650. The van der Waals surface area contributed by atoms with Gasteiger partial charge < -0.3 is 4.90 Å². The van der Waals surface area contributed by atoms with E-state index >= 15 is 0 Å². The van der Waals surface area contributed by atoms with Gasteiger partial charge in [0.05, 0.1) is 17.1 Å². The first-order chi connectivity index (χ1) is 9.78. The van der Waals surface area contributed by atoms with Crippen LogP contribution in [0.3, 0.4) is 0 Å². The molecule has 4 heteroatoms. The Labute approximate surface area is 126 Å². The Morgan fingerprint density at radius 1 is 1.40 bits per heavy atom. The molecule has 20 heavy (non-hydrogen) atoms. The molecule has 0 radical (unpaired) electrons. The zero-order valence-electron chi connectivity index (χ0n) is 11.2. The Morgan fingerprint density at radius 2 is 2.30 bits per heavy atom. The van der Waals surface area contributed by atoms with Crippen LogP contribution in [0.4, 0.5) is 0 Å². The molecule has 0 N–H and O–H groups in total. The van der Waals surface area contributed by atoms with Crippen LogP contribution in [0.2, 0.25) is 0 Å². The molecule has 3 heterocycles. The number of aliphatic imine (C=N–C) groups is 1. The Kier molecular flexibility index (Phi) is 2.75. The lowest BCUT2D eigenvalue weighted by Crippen LogP contribution is -2.19. The lowest BCUT2D eigenvalue weighted by atomic mass is 10.1. The van der Waals surface area contributed by atoms with Crippen LogP contribution in [0.25, 0.3) is 15.8 Å². The van der Waals surface area contributed by atoms with Gasteiger partial charge in [0, 0.05) is 16.1 Å². The summed E-state index contributed by atoms with van der Waals surface area (Å²) < 4.78 is 1.35. The Bertz CT molecular complexity index is 783. The van der Waals surface area contributed by atoms with Crippen molar-refractivity contribution in [2.24, 2.45) is 4.99 Å². The quantitative estimate of drug-likeness (QED) is 0.812. The third-order valence-corrected chi connectivity index (χ3v) is 5.92. The van der Waals surface area contributed by atoms with E-state index in [1.165, 1.54) is 31.1 Å². The third-order valence-electron chi connectivity index (χ3n) is 3.70. The van der Waals surface area contributed by atoms with Crippen LogP contribution in [0.1, 0.15) is 10.4 Å². The first kappa shape index (κ1) is 12.2. The fraction of sp³-hybridized carbons (Fsp3) is 0.188. The molecule has 0 amide bonds. The third kappa shape index (κ3) is 1.68. The molecule has 0 aliphatic carbocycles. The first-order valence-corrected chi connectivity index (χ1v) is 8.27. The molecule has 0 atom stereocenters.